The number of hydrogen-bond acceptors (Lipinski definition) is 5. The van der Waals surface area contributed by atoms with Crippen LogP contribution in [0.5, 0.6) is 5.75 Å². The number of ether oxygens (including phenoxy) is 2. The van der Waals surface area contributed by atoms with Gasteiger partial charge in [-0.15, -0.1) is 10.2 Å². The van der Waals surface area contributed by atoms with Crippen molar-refractivity contribution < 1.29 is 14.3 Å². The van der Waals surface area contributed by atoms with Crippen molar-refractivity contribution in [1.29, 1.82) is 0 Å². The van der Waals surface area contributed by atoms with Gasteiger partial charge < -0.3 is 24.3 Å². The minimum absolute atomic E-state index is 0.479. The predicted octanol–water partition coefficient (Wildman–Crippen LogP) is 6.41. The summed E-state index contributed by atoms with van der Waals surface area (Å²) in [6.45, 7) is 6.10. The number of aromatic nitrogens is 4. The van der Waals surface area contributed by atoms with Crippen LogP contribution in [0.3, 0.4) is 0 Å². The van der Waals surface area contributed by atoms with E-state index in [1.807, 2.05) is 81.6 Å². The zero-order chi connectivity index (χ0) is 28.8. The number of amides is 1. The van der Waals surface area contributed by atoms with Crippen molar-refractivity contribution in [2.45, 2.75) is 58.2 Å². The lowest BCUT2D eigenvalue weighted by molar-refractivity contribution is 0.0500. The lowest BCUT2D eigenvalue weighted by Gasteiger charge is -2.24. The van der Waals surface area contributed by atoms with Crippen LogP contribution in [0.4, 0.5) is 4.79 Å². The highest BCUT2D eigenvalue weighted by molar-refractivity contribution is 5.83. The maximum atomic E-state index is 13.1. The van der Waals surface area contributed by atoms with Gasteiger partial charge in [-0.3, -0.25) is 0 Å². The number of benzene rings is 3. The van der Waals surface area contributed by atoms with Gasteiger partial charge in [0.25, 0.3) is 0 Å². The maximum absolute atomic E-state index is 13.1. The average molecular weight is 552 g/mol. The van der Waals surface area contributed by atoms with Crippen molar-refractivity contribution in [3.8, 4) is 5.75 Å². The monoisotopic (exact) mass is 551 g/mol. The molecular weight excluding hydrogens is 514 g/mol. The lowest BCUT2D eigenvalue weighted by atomic mass is 10.0. The van der Waals surface area contributed by atoms with Gasteiger partial charge in [-0.2, -0.15) is 0 Å². The summed E-state index contributed by atoms with van der Waals surface area (Å²) >= 11 is 0. The van der Waals surface area contributed by atoms with Crippen LogP contribution in [0.15, 0.2) is 85.1 Å². The van der Waals surface area contributed by atoms with Crippen LogP contribution in [-0.4, -0.2) is 38.6 Å². The molecule has 5 rings (SSSR count). The maximum Gasteiger partial charge on any atom is 0.408 e. The molecule has 2 heterocycles. The molecule has 8 nitrogen and oxygen atoms in total. The number of carbonyl (C=O) groups excluding carboxylic acids is 1. The molecule has 0 bridgehead atoms. The molecule has 1 atom stereocenters. The number of H-pyrrole nitrogens is 1. The Morgan fingerprint density at radius 3 is 2.49 bits per heavy atom. The Morgan fingerprint density at radius 1 is 0.951 bits per heavy atom. The van der Waals surface area contributed by atoms with E-state index in [-0.39, 0.29) is 0 Å². The molecule has 0 aliphatic rings. The standard InChI is InChI=1S/C33H37N5O3/c1-33(2,3)41-32(39)35-29(20-25-21-34-28-16-9-8-15-27(25)28)31-37-36-30(18-17-23-11-6-5-7-12-23)38(31)22-24-13-10-14-26(19-24)40-4/h5-16,19,21,29,34H,17-18,20,22H2,1-4H3,(H,35,39)/t29-/m1/s1. The zero-order valence-electron chi connectivity index (χ0n) is 24.1. The lowest BCUT2D eigenvalue weighted by Crippen LogP contribution is -2.37. The van der Waals surface area contributed by atoms with E-state index in [1.54, 1.807) is 7.11 Å². The Hall–Kier alpha value is -4.59. The smallest absolute Gasteiger partial charge is 0.408 e. The number of para-hydroxylation sites is 1. The number of hydrogen-bond donors (Lipinski definition) is 2. The van der Waals surface area contributed by atoms with Crippen molar-refractivity contribution in [2.75, 3.05) is 7.11 Å². The van der Waals surface area contributed by atoms with E-state index in [0.29, 0.717) is 25.2 Å². The van der Waals surface area contributed by atoms with Gasteiger partial charge in [0.05, 0.1) is 19.7 Å². The highest BCUT2D eigenvalue weighted by Gasteiger charge is 2.27. The van der Waals surface area contributed by atoms with Crippen molar-refractivity contribution in [3.05, 3.63) is 113 Å². The molecule has 41 heavy (non-hydrogen) atoms. The normalized spacial score (nSPS) is 12.3. The molecule has 0 saturated heterocycles. The summed E-state index contributed by atoms with van der Waals surface area (Å²) in [6, 6.07) is 26.0. The summed E-state index contributed by atoms with van der Waals surface area (Å²) in [5.41, 5.74) is 3.76. The first-order valence-corrected chi connectivity index (χ1v) is 13.9. The predicted molar refractivity (Wildman–Crippen MR) is 160 cm³/mol. The van der Waals surface area contributed by atoms with Gasteiger partial charge in [-0.1, -0.05) is 60.7 Å². The number of methoxy groups -OCH3 is 1. The molecule has 2 aromatic heterocycles. The average Bonchev–Trinajstić information content (AvgIpc) is 3.55. The summed E-state index contributed by atoms with van der Waals surface area (Å²) in [5.74, 6) is 2.30. The third-order valence-corrected chi connectivity index (χ3v) is 6.91. The highest BCUT2D eigenvalue weighted by Crippen LogP contribution is 2.26. The van der Waals surface area contributed by atoms with E-state index in [1.165, 1.54) is 5.56 Å². The second-order valence-electron chi connectivity index (χ2n) is 11.2. The summed E-state index contributed by atoms with van der Waals surface area (Å²) in [6.07, 6.45) is 3.53. The van der Waals surface area contributed by atoms with Gasteiger partial charge in [-0.05, 0) is 62.1 Å². The molecular formula is C33H37N5O3. The minimum Gasteiger partial charge on any atom is -0.497 e. The van der Waals surface area contributed by atoms with E-state index < -0.39 is 17.7 Å². The Kier molecular flexibility index (Phi) is 8.38. The number of fused-ring (bicyclic) bond motifs is 1. The third-order valence-electron chi connectivity index (χ3n) is 6.91. The number of aryl methyl sites for hydroxylation is 2. The molecule has 212 valence electrons. The highest BCUT2D eigenvalue weighted by atomic mass is 16.6. The second-order valence-corrected chi connectivity index (χ2v) is 11.2. The van der Waals surface area contributed by atoms with Gasteiger partial charge in [0, 0.05) is 29.9 Å². The Bertz CT molecular complexity index is 1600. The molecule has 0 fully saturated rings. The van der Waals surface area contributed by atoms with E-state index in [2.05, 4.69) is 49.3 Å². The number of carbonyl (C=O) groups is 1. The molecule has 2 N–H and O–H groups in total. The molecule has 5 aromatic rings. The Balaban J connectivity index is 1.53. The first-order valence-electron chi connectivity index (χ1n) is 13.9. The molecule has 0 aliphatic heterocycles. The van der Waals surface area contributed by atoms with Gasteiger partial charge in [0.1, 0.15) is 17.2 Å². The number of alkyl carbamates (subject to hydrolysis) is 1. The molecule has 0 spiro atoms. The number of aromatic amines is 1. The van der Waals surface area contributed by atoms with Gasteiger partial charge in [-0.25, -0.2) is 4.79 Å². The minimum atomic E-state index is -0.634. The fourth-order valence-corrected chi connectivity index (χ4v) is 5.00. The van der Waals surface area contributed by atoms with Gasteiger partial charge >= 0.3 is 6.09 Å². The van der Waals surface area contributed by atoms with Crippen LogP contribution in [0.1, 0.15) is 55.2 Å². The van der Waals surface area contributed by atoms with Crippen molar-refractivity contribution in [1.82, 2.24) is 25.1 Å². The van der Waals surface area contributed by atoms with Gasteiger partial charge in [0.15, 0.2) is 5.82 Å². The molecule has 0 radical (unpaired) electrons. The van der Waals surface area contributed by atoms with E-state index in [4.69, 9.17) is 9.47 Å². The van der Waals surface area contributed by atoms with Crippen molar-refractivity contribution in [2.24, 2.45) is 0 Å². The summed E-state index contributed by atoms with van der Waals surface area (Å²) in [5, 5.41) is 13.5. The first-order chi connectivity index (χ1) is 19.8. The fourth-order valence-electron chi connectivity index (χ4n) is 5.00. The second kappa shape index (κ2) is 12.3. The zero-order valence-corrected chi connectivity index (χ0v) is 24.1. The topological polar surface area (TPSA) is 94.1 Å². The molecule has 3 aromatic carbocycles. The number of nitrogens with one attached hydrogen (secondary N) is 2. The van der Waals surface area contributed by atoms with Crippen LogP contribution < -0.4 is 10.1 Å². The largest absolute Gasteiger partial charge is 0.497 e. The van der Waals surface area contributed by atoms with Crippen LogP contribution in [0.25, 0.3) is 10.9 Å². The van der Waals surface area contributed by atoms with E-state index >= 15 is 0 Å². The first kappa shape index (κ1) is 28.0. The fraction of sp³-hybridized carbons (Fsp3) is 0.303. The molecule has 0 unspecified atom stereocenters. The van der Waals surface area contributed by atoms with Gasteiger partial charge in [0.2, 0.25) is 0 Å². The Morgan fingerprint density at radius 2 is 1.71 bits per heavy atom. The van der Waals surface area contributed by atoms with Crippen LogP contribution in [0.2, 0.25) is 0 Å². The van der Waals surface area contributed by atoms with E-state index in [0.717, 1.165) is 40.0 Å². The SMILES string of the molecule is COc1cccc(Cn2c(CCc3ccccc3)nnc2[C@@H](Cc2c[nH]c3ccccc23)NC(=O)OC(C)(C)C)c1. The molecule has 0 saturated carbocycles. The van der Waals surface area contributed by atoms with Crippen LogP contribution >= 0.6 is 0 Å². The van der Waals surface area contributed by atoms with E-state index in [9.17, 15) is 4.79 Å². The van der Waals surface area contributed by atoms with Crippen LogP contribution in [-0.2, 0) is 30.5 Å². The summed E-state index contributed by atoms with van der Waals surface area (Å²) in [7, 11) is 1.66. The molecule has 8 heteroatoms. The van der Waals surface area contributed by atoms with Crippen molar-refractivity contribution in [3.63, 3.8) is 0 Å². The van der Waals surface area contributed by atoms with Crippen LogP contribution in [0, 0.1) is 0 Å². The quantitative estimate of drug-likeness (QED) is 0.209. The summed E-state index contributed by atoms with van der Waals surface area (Å²) in [4.78, 5) is 16.4. The number of rotatable bonds is 10. The van der Waals surface area contributed by atoms with Crippen molar-refractivity contribution >= 4 is 17.0 Å². The molecule has 1 amide bonds. The summed E-state index contributed by atoms with van der Waals surface area (Å²) < 4.78 is 13.3. The third kappa shape index (κ3) is 7.14. The molecule has 0 aliphatic carbocycles. The number of nitrogens with zero attached hydrogens (tertiary/aromatic N) is 3. The Labute approximate surface area is 240 Å².